The first-order chi connectivity index (χ1) is 11.1. The van der Waals surface area contributed by atoms with E-state index in [9.17, 15) is 14.0 Å². The molecule has 0 saturated heterocycles. The van der Waals surface area contributed by atoms with E-state index >= 15 is 0 Å². The Kier molecular flexibility index (Phi) is 3.08. The molecule has 0 fully saturated rings. The Morgan fingerprint density at radius 3 is 2.65 bits per heavy atom. The summed E-state index contributed by atoms with van der Waals surface area (Å²) in [6.07, 6.45) is 1.09. The van der Waals surface area contributed by atoms with Crippen LogP contribution in [0.3, 0.4) is 0 Å². The molecule has 1 aliphatic heterocycles. The van der Waals surface area contributed by atoms with Crippen LogP contribution >= 0.6 is 0 Å². The third-order valence-corrected chi connectivity index (χ3v) is 4.88. The second-order valence-electron chi connectivity index (χ2n) is 6.20. The third-order valence-electron chi connectivity index (χ3n) is 4.88. The van der Waals surface area contributed by atoms with Gasteiger partial charge in [0.05, 0.1) is 11.7 Å². The first-order valence-corrected chi connectivity index (χ1v) is 7.79. The highest BCUT2D eigenvalue weighted by Crippen LogP contribution is 2.54. The van der Waals surface area contributed by atoms with Gasteiger partial charge in [-0.25, -0.2) is 4.39 Å². The number of anilines is 1. The molecule has 3 nitrogen and oxygen atoms in total. The molecule has 23 heavy (non-hydrogen) atoms. The smallest absolute Gasteiger partial charge is 0.224 e. The topological polar surface area (TPSA) is 37.4 Å². The number of halogens is 1. The normalized spacial score (nSPS) is 22.2. The van der Waals surface area contributed by atoms with Gasteiger partial charge < -0.3 is 4.90 Å². The van der Waals surface area contributed by atoms with Gasteiger partial charge >= 0.3 is 0 Å². The highest BCUT2D eigenvalue weighted by molar-refractivity contribution is 6.04. The van der Waals surface area contributed by atoms with Gasteiger partial charge in [0, 0.05) is 24.8 Å². The molecular formula is C19H16FNO2. The monoisotopic (exact) mass is 309 g/mol. The van der Waals surface area contributed by atoms with E-state index in [1.54, 1.807) is 4.90 Å². The molecule has 4 heteroatoms. The van der Waals surface area contributed by atoms with E-state index < -0.39 is 5.82 Å². The summed E-state index contributed by atoms with van der Waals surface area (Å²) >= 11 is 0. The average molecular weight is 309 g/mol. The van der Waals surface area contributed by atoms with Gasteiger partial charge in [0.2, 0.25) is 5.91 Å². The Morgan fingerprint density at radius 2 is 1.96 bits per heavy atom. The lowest BCUT2D eigenvalue weighted by Crippen LogP contribution is -2.31. The quantitative estimate of drug-likeness (QED) is 0.798. The zero-order chi connectivity index (χ0) is 16.1. The summed E-state index contributed by atoms with van der Waals surface area (Å²) in [6, 6.07) is 12.3. The Labute approximate surface area is 133 Å². The molecule has 2 aliphatic rings. The number of nitrogens with zero attached hydrogens (tertiary/aromatic N) is 1. The van der Waals surface area contributed by atoms with Crippen molar-refractivity contribution in [2.75, 3.05) is 4.90 Å². The number of hydrogen-bond acceptors (Lipinski definition) is 2. The number of ketones is 1. The molecule has 1 aliphatic carbocycles. The molecular weight excluding hydrogens is 293 g/mol. The molecule has 0 aromatic heterocycles. The molecule has 116 valence electrons. The standard InChI is InChI=1S/C19H16FNO2/c1-11(22)21-16-10-13(20)9-15-17(23)8-7-14(18(15)16)19(21)12-5-3-2-4-6-12/h2-6,9-10,14,19H,7-8H2,1H3. The van der Waals surface area contributed by atoms with E-state index in [2.05, 4.69) is 0 Å². The van der Waals surface area contributed by atoms with Crippen LogP contribution in [0.2, 0.25) is 0 Å². The first kappa shape index (κ1) is 14.1. The third kappa shape index (κ3) is 2.01. The summed E-state index contributed by atoms with van der Waals surface area (Å²) in [5, 5.41) is 0. The molecule has 0 radical (unpaired) electrons. The molecule has 2 atom stereocenters. The minimum Gasteiger partial charge on any atom is -0.304 e. The van der Waals surface area contributed by atoms with Gasteiger partial charge in [-0.1, -0.05) is 30.3 Å². The molecule has 0 spiro atoms. The maximum atomic E-state index is 14.0. The van der Waals surface area contributed by atoms with Crippen LogP contribution < -0.4 is 4.90 Å². The highest BCUT2D eigenvalue weighted by atomic mass is 19.1. The van der Waals surface area contributed by atoms with Crippen LogP contribution in [-0.2, 0) is 4.79 Å². The van der Waals surface area contributed by atoms with Crippen molar-refractivity contribution in [2.24, 2.45) is 0 Å². The molecule has 0 saturated carbocycles. The van der Waals surface area contributed by atoms with Gasteiger partial charge in [-0.15, -0.1) is 0 Å². The number of Topliss-reactive ketones (excluding diaryl/α,β-unsaturated/α-hetero) is 1. The Bertz CT molecular complexity index is 816. The van der Waals surface area contributed by atoms with Gasteiger partial charge in [-0.2, -0.15) is 0 Å². The predicted octanol–water partition coefficient (Wildman–Crippen LogP) is 3.99. The summed E-state index contributed by atoms with van der Waals surface area (Å²) < 4.78 is 14.0. The maximum Gasteiger partial charge on any atom is 0.224 e. The fourth-order valence-corrected chi connectivity index (χ4v) is 4.03. The van der Waals surface area contributed by atoms with Gasteiger partial charge in [0.1, 0.15) is 5.82 Å². The van der Waals surface area contributed by atoms with Crippen molar-refractivity contribution >= 4 is 17.4 Å². The van der Waals surface area contributed by atoms with Crippen LogP contribution in [-0.4, -0.2) is 11.7 Å². The molecule has 2 unspecified atom stereocenters. The van der Waals surface area contributed by atoms with Crippen LogP contribution in [0.1, 0.15) is 53.2 Å². The fourth-order valence-electron chi connectivity index (χ4n) is 4.03. The SMILES string of the molecule is CC(=O)N1c2cc(F)cc3c2C(CCC3=O)C1c1ccccc1. The molecule has 1 amide bonds. The van der Waals surface area contributed by atoms with Crippen molar-refractivity contribution in [3.63, 3.8) is 0 Å². The highest BCUT2D eigenvalue weighted by Gasteiger charge is 2.45. The van der Waals surface area contributed by atoms with Gasteiger partial charge in [0.15, 0.2) is 5.78 Å². The molecule has 0 N–H and O–H groups in total. The largest absolute Gasteiger partial charge is 0.304 e. The van der Waals surface area contributed by atoms with Crippen LogP contribution in [0.4, 0.5) is 10.1 Å². The molecule has 4 rings (SSSR count). The van der Waals surface area contributed by atoms with Crippen molar-refractivity contribution in [3.8, 4) is 0 Å². The summed E-state index contributed by atoms with van der Waals surface area (Å²) in [7, 11) is 0. The Balaban J connectivity index is 1.97. The minimum absolute atomic E-state index is 0.0331. The Hall–Kier alpha value is -2.49. The number of carbonyl (C=O) groups is 2. The number of hydrogen-bond donors (Lipinski definition) is 0. The molecule has 2 aromatic carbocycles. The van der Waals surface area contributed by atoms with Gasteiger partial charge in [-0.05, 0) is 29.7 Å². The van der Waals surface area contributed by atoms with E-state index in [-0.39, 0.29) is 23.7 Å². The van der Waals surface area contributed by atoms with Crippen molar-refractivity contribution in [2.45, 2.75) is 31.7 Å². The second-order valence-corrected chi connectivity index (χ2v) is 6.20. The lowest BCUT2D eigenvalue weighted by Gasteiger charge is -2.29. The van der Waals surface area contributed by atoms with Crippen LogP contribution in [0.15, 0.2) is 42.5 Å². The summed E-state index contributed by atoms with van der Waals surface area (Å²) in [5.74, 6) is -0.583. The van der Waals surface area contributed by atoms with Gasteiger partial charge in [0.25, 0.3) is 0 Å². The lowest BCUT2D eigenvalue weighted by atomic mass is 9.78. The van der Waals surface area contributed by atoms with E-state index in [0.717, 1.165) is 11.1 Å². The van der Waals surface area contributed by atoms with E-state index in [4.69, 9.17) is 0 Å². The summed E-state index contributed by atoms with van der Waals surface area (Å²) in [4.78, 5) is 26.2. The Morgan fingerprint density at radius 1 is 1.22 bits per heavy atom. The van der Waals surface area contributed by atoms with Crippen molar-refractivity contribution in [1.82, 2.24) is 0 Å². The predicted molar refractivity (Wildman–Crippen MR) is 85.0 cm³/mol. The second kappa shape index (κ2) is 5.01. The number of amides is 1. The zero-order valence-corrected chi connectivity index (χ0v) is 12.8. The number of rotatable bonds is 1. The van der Waals surface area contributed by atoms with E-state index in [1.165, 1.54) is 19.1 Å². The zero-order valence-electron chi connectivity index (χ0n) is 12.8. The van der Waals surface area contributed by atoms with Crippen molar-refractivity contribution in [3.05, 3.63) is 65.0 Å². The van der Waals surface area contributed by atoms with Crippen LogP contribution in [0.5, 0.6) is 0 Å². The van der Waals surface area contributed by atoms with E-state index in [0.29, 0.717) is 24.1 Å². The van der Waals surface area contributed by atoms with E-state index in [1.807, 2.05) is 30.3 Å². The van der Waals surface area contributed by atoms with Crippen molar-refractivity contribution in [1.29, 1.82) is 0 Å². The molecule has 0 bridgehead atoms. The maximum absolute atomic E-state index is 14.0. The number of benzene rings is 2. The molecule has 2 aromatic rings. The minimum atomic E-state index is -0.465. The molecule has 1 heterocycles. The summed E-state index contributed by atoms with van der Waals surface area (Å²) in [5.41, 5.74) is 2.86. The average Bonchev–Trinajstić information content (AvgIpc) is 2.86. The summed E-state index contributed by atoms with van der Waals surface area (Å²) in [6.45, 7) is 1.49. The van der Waals surface area contributed by atoms with Crippen LogP contribution in [0, 0.1) is 5.82 Å². The fraction of sp³-hybridized carbons (Fsp3) is 0.263. The lowest BCUT2D eigenvalue weighted by molar-refractivity contribution is -0.117. The van der Waals surface area contributed by atoms with Crippen molar-refractivity contribution < 1.29 is 14.0 Å². The first-order valence-electron chi connectivity index (χ1n) is 7.79. The van der Waals surface area contributed by atoms with Crippen LogP contribution in [0.25, 0.3) is 0 Å². The van der Waals surface area contributed by atoms with Gasteiger partial charge in [-0.3, -0.25) is 9.59 Å². The number of carbonyl (C=O) groups excluding carboxylic acids is 2.